The largest absolute Gasteiger partial charge is 0.494 e. The fourth-order valence-electron chi connectivity index (χ4n) is 4.30. The first-order valence-electron chi connectivity index (χ1n) is 12.6. The summed E-state index contributed by atoms with van der Waals surface area (Å²) in [6, 6.07) is 22.0. The van der Waals surface area contributed by atoms with Crippen LogP contribution in [0.2, 0.25) is 0 Å². The Morgan fingerprint density at radius 2 is 1.57 bits per heavy atom. The number of fused-ring (bicyclic) bond motifs is 1. The molecule has 1 aromatic heterocycles. The predicted molar refractivity (Wildman–Crippen MR) is 147 cm³/mol. The summed E-state index contributed by atoms with van der Waals surface area (Å²) in [4.78, 5) is 18.9. The van der Waals surface area contributed by atoms with Gasteiger partial charge in [0.15, 0.2) is 0 Å². The van der Waals surface area contributed by atoms with E-state index in [1.807, 2.05) is 13.0 Å². The Kier molecular flexibility index (Phi) is 8.10. The van der Waals surface area contributed by atoms with Gasteiger partial charge < -0.3 is 4.74 Å². The van der Waals surface area contributed by atoms with Crippen LogP contribution >= 0.6 is 0 Å². The molecular formula is C29H33N3O4S. The first-order chi connectivity index (χ1) is 17.7. The van der Waals surface area contributed by atoms with E-state index < -0.39 is 16.1 Å². The zero-order chi connectivity index (χ0) is 26.6. The van der Waals surface area contributed by atoms with Crippen molar-refractivity contribution in [3.63, 3.8) is 0 Å². The molecule has 194 valence electrons. The van der Waals surface area contributed by atoms with Crippen molar-refractivity contribution in [3.05, 3.63) is 95.0 Å². The number of sulfonamides is 1. The molecule has 7 nitrogen and oxygen atoms in total. The van der Waals surface area contributed by atoms with Crippen molar-refractivity contribution in [1.82, 2.24) is 13.9 Å². The Morgan fingerprint density at radius 3 is 2.22 bits per heavy atom. The van der Waals surface area contributed by atoms with Gasteiger partial charge in [0, 0.05) is 6.54 Å². The minimum absolute atomic E-state index is 0.210. The van der Waals surface area contributed by atoms with Gasteiger partial charge in [-0.05, 0) is 74.7 Å². The highest BCUT2D eigenvalue weighted by molar-refractivity contribution is 7.89. The third-order valence-corrected chi connectivity index (χ3v) is 8.27. The SMILES string of the molecule is CCOc1ccc(-n2c(C(C)N(CCC(C)C)S(=O)(=O)c3ccccc3)nc3ccccc3c2=O)cc1. The minimum Gasteiger partial charge on any atom is -0.494 e. The van der Waals surface area contributed by atoms with E-state index in [9.17, 15) is 13.2 Å². The molecule has 0 N–H and O–H groups in total. The smallest absolute Gasteiger partial charge is 0.266 e. The number of hydrogen-bond donors (Lipinski definition) is 0. The van der Waals surface area contributed by atoms with Crippen molar-refractivity contribution in [3.8, 4) is 11.4 Å². The van der Waals surface area contributed by atoms with Crippen molar-refractivity contribution in [2.75, 3.05) is 13.2 Å². The first kappa shape index (κ1) is 26.6. The summed E-state index contributed by atoms with van der Waals surface area (Å²) >= 11 is 0. The molecule has 1 atom stereocenters. The monoisotopic (exact) mass is 519 g/mol. The summed E-state index contributed by atoms with van der Waals surface area (Å²) in [6.45, 7) is 8.64. The molecule has 4 rings (SSSR count). The quantitative estimate of drug-likeness (QED) is 0.273. The highest BCUT2D eigenvalue weighted by atomic mass is 32.2. The number of ether oxygens (including phenoxy) is 1. The second-order valence-electron chi connectivity index (χ2n) is 9.34. The molecule has 0 bridgehead atoms. The van der Waals surface area contributed by atoms with Crippen molar-refractivity contribution in [2.45, 2.75) is 45.1 Å². The fourth-order valence-corrected chi connectivity index (χ4v) is 5.93. The lowest BCUT2D eigenvalue weighted by atomic mass is 10.1. The average molecular weight is 520 g/mol. The Bertz CT molecular complexity index is 1510. The van der Waals surface area contributed by atoms with E-state index >= 15 is 0 Å². The summed E-state index contributed by atoms with van der Waals surface area (Å²) in [7, 11) is -3.87. The van der Waals surface area contributed by atoms with Crippen molar-refractivity contribution < 1.29 is 13.2 Å². The molecular weight excluding hydrogens is 486 g/mol. The normalized spacial score (nSPS) is 12.8. The van der Waals surface area contributed by atoms with Gasteiger partial charge >= 0.3 is 0 Å². The third-order valence-electron chi connectivity index (χ3n) is 6.29. The van der Waals surface area contributed by atoms with E-state index in [1.54, 1.807) is 79.7 Å². The van der Waals surface area contributed by atoms with Crippen LogP contribution in [0.5, 0.6) is 5.75 Å². The van der Waals surface area contributed by atoms with Crippen molar-refractivity contribution >= 4 is 20.9 Å². The Hall–Kier alpha value is -3.49. The van der Waals surface area contributed by atoms with Crippen LogP contribution in [0, 0.1) is 5.92 Å². The molecule has 3 aromatic carbocycles. The van der Waals surface area contributed by atoms with Gasteiger partial charge in [-0.15, -0.1) is 0 Å². The van der Waals surface area contributed by atoms with Gasteiger partial charge in [-0.1, -0.05) is 44.2 Å². The van der Waals surface area contributed by atoms with Crippen LogP contribution in [-0.4, -0.2) is 35.4 Å². The number of benzene rings is 3. The van der Waals surface area contributed by atoms with Crippen LogP contribution in [-0.2, 0) is 10.0 Å². The number of aromatic nitrogens is 2. The van der Waals surface area contributed by atoms with E-state index in [4.69, 9.17) is 9.72 Å². The summed E-state index contributed by atoms with van der Waals surface area (Å²) in [5.74, 6) is 1.34. The summed E-state index contributed by atoms with van der Waals surface area (Å²) in [6.07, 6.45) is 0.664. The van der Waals surface area contributed by atoms with Crippen LogP contribution in [0.3, 0.4) is 0 Å². The van der Waals surface area contributed by atoms with Gasteiger partial charge in [0.2, 0.25) is 10.0 Å². The topological polar surface area (TPSA) is 81.5 Å². The Balaban J connectivity index is 1.92. The van der Waals surface area contributed by atoms with Crippen molar-refractivity contribution in [1.29, 1.82) is 0 Å². The maximum Gasteiger partial charge on any atom is 0.266 e. The molecule has 4 aromatic rings. The molecule has 0 aliphatic carbocycles. The van der Waals surface area contributed by atoms with E-state index in [1.165, 1.54) is 8.87 Å². The molecule has 0 amide bonds. The van der Waals surface area contributed by atoms with Crippen LogP contribution < -0.4 is 10.3 Å². The van der Waals surface area contributed by atoms with E-state index in [-0.39, 0.29) is 10.5 Å². The first-order valence-corrected chi connectivity index (χ1v) is 14.0. The minimum atomic E-state index is -3.87. The number of para-hydroxylation sites is 1. The zero-order valence-electron chi connectivity index (χ0n) is 21.7. The van der Waals surface area contributed by atoms with Crippen molar-refractivity contribution in [2.24, 2.45) is 5.92 Å². The van der Waals surface area contributed by atoms with Gasteiger partial charge in [-0.3, -0.25) is 9.36 Å². The second kappa shape index (κ2) is 11.3. The van der Waals surface area contributed by atoms with E-state index in [0.717, 1.165) is 0 Å². The molecule has 1 heterocycles. The zero-order valence-corrected chi connectivity index (χ0v) is 22.5. The third kappa shape index (κ3) is 5.60. The number of hydrogen-bond acceptors (Lipinski definition) is 5. The predicted octanol–water partition coefficient (Wildman–Crippen LogP) is 5.58. The Morgan fingerprint density at radius 1 is 0.919 bits per heavy atom. The highest BCUT2D eigenvalue weighted by Crippen LogP contribution is 2.29. The van der Waals surface area contributed by atoms with Crippen LogP contribution in [0.25, 0.3) is 16.6 Å². The van der Waals surface area contributed by atoms with Gasteiger partial charge in [0.1, 0.15) is 11.6 Å². The maximum atomic E-state index is 13.9. The van der Waals surface area contributed by atoms with Crippen LogP contribution in [0.1, 0.15) is 46.0 Å². The molecule has 0 radical (unpaired) electrons. The van der Waals surface area contributed by atoms with Gasteiger partial charge in [-0.25, -0.2) is 13.4 Å². The Labute approximate surface area is 218 Å². The van der Waals surface area contributed by atoms with Gasteiger partial charge in [0.25, 0.3) is 5.56 Å². The van der Waals surface area contributed by atoms with Crippen LogP contribution in [0.4, 0.5) is 0 Å². The molecule has 8 heteroatoms. The standard InChI is InChI=1S/C29H33N3O4S/c1-5-36-24-17-15-23(16-18-24)32-28(30-27-14-10-9-13-26(27)29(32)33)22(4)31(20-19-21(2)3)37(34,35)25-11-7-6-8-12-25/h6-18,21-22H,5,19-20H2,1-4H3. The molecule has 0 saturated heterocycles. The molecule has 0 aliphatic heterocycles. The van der Waals surface area contributed by atoms with Gasteiger partial charge in [-0.2, -0.15) is 4.31 Å². The van der Waals surface area contributed by atoms with E-state index in [0.29, 0.717) is 53.7 Å². The lowest BCUT2D eigenvalue weighted by molar-refractivity contribution is 0.308. The van der Waals surface area contributed by atoms with Gasteiger partial charge in [0.05, 0.1) is 34.1 Å². The molecule has 0 saturated carbocycles. The molecule has 0 fully saturated rings. The summed E-state index contributed by atoms with van der Waals surface area (Å²) in [5, 5.41) is 0.465. The highest BCUT2D eigenvalue weighted by Gasteiger charge is 2.33. The molecule has 1 unspecified atom stereocenters. The number of rotatable bonds is 10. The maximum absolute atomic E-state index is 13.9. The second-order valence-corrected chi connectivity index (χ2v) is 11.2. The summed E-state index contributed by atoms with van der Waals surface area (Å²) < 4.78 is 36.3. The average Bonchev–Trinajstić information content (AvgIpc) is 2.89. The lowest BCUT2D eigenvalue weighted by Crippen LogP contribution is -2.38. The van der Waals surface area contributed by atoms with E-state index in [2.05, 4.69) is 13.8 Å². The van der Waals surface area contributed by atoms with Crippen LogP contribution in [0.15, 0.2) is 88.6 Å². The molecule has 37 heavy (non-hydrogen) atoms. The summed E-state index contributed by atoms with van der Waals surface area (Å²) in [5.41, 5.74) is 0.865. The molecule has 0 spiro atoms. The fraction of sp³-hybridized carbons (Fsp3) is 0.310. The lowest BCUT2D eigenvalue weighted by Gasteiger charge is -2.30. The number of nitrogens with zero attached hydrogens (tertiary/aromatic N) is 3. The molecule has 0 aliphatic rings.